The smallest absolute Gasteiger partial charge is 0.224 e. The van der Waals surface area contributed by atoms with E-state index in [2.05, 4.69) is 22.3 Å². The highest BCUT2D eigenvalue weighted by atomic mass is 19.1. The van der Waals surface area contributed by atoms with E-state index < -0.39 is 0 Å². The minimum absolute atomic E-state index is 0.0146. The van der Waals surface area contributed by atoms with Gasteiger partial charge in [0.25, 0.3) is 0 Å². The maximum atomic E-state index is 14.3. The van der Waals surface area contributed by atoms with Crippen LogP contribution in [-0.4, -0.2) is 30.4 Å². The summed E-state index contributed by atoms with van der Waals surface area (Å²) < 4.78 is 14.3. The van der Waals surface area contributed by atoms with E-state index in [0.29, 0.717) is 18.5 Å². The van der Waals surface area contributed by atoms with Gasteiger partial charge in [-0.15, -0.1) is 0 Å². The molecule has 0 saturated carbocycles. The van der Waals surface area contributed by atoms with Crippen LogP contribution in [0.15, 0.2) is 42.5 Å². The second-order valence-corrected chi connectivity index (χ2v) is 7.19. The Bertz CT molecular complexity index is 768. The lowest BCUT2D eigenvalue weighted by molar-refractivity contribution is -0.120. The number of nitrogens with one attached hydrogen (secondary N) is 1. The second kappa shape index (κ2) is 8.45. The summed E-state index contributed by atoms with van der Waals surface area (Å²) in [6.07, 6.45) is 2.61. The molecule has 0 spiro atoms. The topological polar surface area (TPSA) is 32.3 Å². The van der Waals surface area contributed by atoms with Crippen LogP contribution in [0.3, 0.4) is 0 Å². The molecule has 0 bridgehead atoms. The number of nitrogens with zero attached hydrogens (tertiary/aromatic N) is 1. The summed E-state index contributed by atoms with van der Waals surface area (Å²) in [6.45, 7) is 6.39. The van der Waals surface area contributed by atoms with Crippen molar-refractivity contribution in [3.63, 3.8) is 0 Å². The summed E-state index contributed by atoms with van der Waals surface area (Å²) in [5, 5.41) is 3.03. The fourth-order valence-corrected chi connectivity index (χ4v) is 3.67. The van der Waals surface area contributed by atoms with Crippen LogP contribution in [0.5, 0.6) is 0 Å². The van der Waals surface area contributed by atoms with Crippen LogP contribution in [0, 0.1) is 19.7 Å². The molecule has 2 aromatic rings. The Balaban J connectivity index is 1.68. The van der Waals surface area contributed by atoms with Crippen molar-refractivity contribution in [2.24, 2.45) is 0 Å². The third kappa shape index (κ3) is 4.50. The van der Waals surface area contributed by atoms with Gasteiger partial charge in [-0.25, -0.2) is 4.39 Å². The monoisotopic (exact) mass is 354 g/mol. The lowest BCUT2D eigenvalue weighted by Crippen LogP contribution is -2.37. The molecule has 0 unspecified atom stereocenters. The third-order valence-corrected chi connectivity index (χ3v) is 5.19. The van der Waals surface area contributed by atoms with Crippen LogP contribution in [0.25, 0.3) is 0 Å². The van der Waals surface area contributed by atoms with Crippen molar-refractivity contribution < 1.29 is 9.18 Å². The summed E-state index contributed by atoms with van der Waals surface area (Å²) in [7, 11) is 0. The molecule has 1 aliphatic rings. The number of hydrogen-bond donors (Lipinski definition) is 1. The molecule has 3 rings (SSSR count). The normalized spacial score (nSPS) is 15.8. The van der Waals surface area contributed by atoms with Crippen LogP contribution in [0.4, 0.5) is 4.39 Å². The van der Waals surface area contributed by atoms with Crippen molar-refractivity contribution in [3.8, 4) is 0 Å². The standard InChI is InChI=1S/C22H27FN2O/c1-16-9-10-17(2)18(13-16)14-22(26)24-15-21(25-11-5-6-12-25)19-7-3-4-8-20(19)23/h3-4,7-10,13,21H,5-6,11-12,14-15H2,1-2H3,(H,24,26)/t21-/m0/s1. The Hall–Kier alpha value is -2.20. The molecule has 2 aromatic carbocycles. The zero-order chi connectivity index (χ0) is 18.5. The zero-order valence-corrected chi connectivity index (χ0v) is 15.6. The summed E-state index contributed by atoms with van der Waals surface area (Å²) in [4.78, 5) is 14.8. The van der Waals surface area contributed by atoms with Crippen LogP contribution >= 0.6 is 0 Å². The molecule has 1 amide bonds. The molecule has 26 heavy (non-hydrogen) atoms. The van der Waals surface area contributed by atoms with E-state index in [1.165, 1.54) is 6.07 Å². The summed E-state index contributed by atoms with van der Waals surface area (Å²) in [5.74, 6) is -0.215. The summed E-state index contributed by atoms with van der Waals surface area (Å²) >= 11 is 0. The average Bonchev–Trinajstić information content (AvgIpc) is 3.14. The molecule has 138 valence electrons. The first kappa shape index (κ1) is 18.6. The summed E-state index contributed by atoms with van der Waals surface area (Å²) in [6, 6.07) is 12.9. The molecule has 1 heterocycles. The lowest BCUT2D eigenvalue weighted by Gasteiger charge is -2.28. The molecule has 0 radical (unpaired) electrons. The van der Waals surface area contributed by atoms with E-state index in [9.17, 15) is 9.18 Å². The summed E-state index contributed by atoms with van der Waals surface area (Å²) in [5.41, 5.74) is 3.99. The molecule has 3 nitrogen and oxygen atoms in total. The van der Waals surface area contributed by atoms with Crippen molar-refractivity contribution in [2.75, 3.05) is 19.6 Å². The van der Waals surface area contributed by atoms with Gasteiger partial charge in [0.05, 0.1) is 12.5 Å². The Morgan fingerprint density at radius 1 is 1.15 bits per heavy atom. The van der Waals surface area contributed by atoms with Crippen LogP contribution < -0.4 is 5.32 Å². The fourth-order valence-electron chi connectivity index (χ4n) is 3.67. The van der Waals surface area contributed by atoms with Gasteiger partial charge in [-0.3, -0.25) is 9.69 Å². The second-order valence-electron chi connectivity index (χ2n) is 7.19. The number of hydrogen-bond acceptors (Lipinski definition) is 2. The molecule has 4 heteroatoms. The van der Waals surface area contributed by atoms with Gasteiger partial charge in [0.1, 0.15) is 5.82 Å². The molecule has 1 N–H and O–H groups in total. The number of carbonyl (C=O) groups is 1. The van der Waals surface area contributed by atoms with Gasteiger partial charge >= 0.3 is 0 Å². The molecular formula is C22H27FN2O. The van der Waals surface area contributed by atoms with Crippen molar-refractivity contribution >= 4 is 5.91 Å². The number of halogens is 1. The Morgan fingerprint density at radius 2 is 1.88 bits per heavy atom. The number of benzene rings is 2. The van der Waals surface area contributed by atoms with E-state index in [4.69, 9.17) is 0 Å². The maximum absolute atomic E-state index is 14.3. The first-order valence-corrected chi connectivity index (χ1v) is 9.36. The first-order chi connectivity index (χ1) is 12.5. The van der Waals surface area contributed by atoms with E-state index >= 15 is 0 Å². The molecular weight excluding hydrogens is 327 g/mol. The van der Waals surface area contributed by atoms with Crippen molar-refractivity contribution in [3.05, 3.63) is 70.5 Å². The molecule has 0 aliphatic carbocycles. The van der Waals surface area contributed by atoms with Crippen molar-refractivity contribution in [2.45, 2.75) is 39.2 Å². The van der Waals surface area contributed by atoms with Crippen molar-refractivity contribution in [1.82, 2.24) is 10.2 Å². The predicted molar refractivity (Wildman–Crippen MR) is 103 cm³/mol. The molecule has 1 fully saturated rings. The quantitative estimate of drug-likeness (QED) is 0.852. The van der Waals surface area contributed by atoms with Crippen LogP contribution in [-0.2, 0) is 11.2 Å². The largest absolute Gasteiger partial charge is 0.354 e. The van der Waals surface area contributed by atoms with E-state index in [-0.39, 0.29) is 17.8 Å². The highest BCUT2D eigenvalue weighted by Crippen LogP contribution is 2.26. The number of amides is 1. The SMILES string of the molecule is Cc1ccc(C)c(CC(=O)NC[C@@H](c2ccccc2F)N2CCCC2)c1. The highest BCUT2D eigenvalue weighted by Gasteiger charge is 2.26. The lowest BCUT2D eigenvalue weighted by atomic mass is 10.0. The van der Waals surface area contributed by atoms with Gasteiger partial charge in [0.15, 0.2) is 0 Å². The van der Waals surface area contributed by atoms with Crippen LogP contribution in [0.1, 0.15) is 41.1 Å². The Kier molecular flexibility index (Phi) is 6.04. The van der Waals surface area contributed by atoms with E-state index in [0.717, 1.165) is 42.6 Å². The molecule has 1 saturated heterocycles. The predicted octanol–water partition coefficient (Wildman–Crippen LogP) is 3.94. The Morgan fingerprint density at radius 3 is 2.62 bits per heavy atom. The van der Waals surface area contributed by atoms with Gasteiger partial charge in [0, 0.05) is 12.1 Å². The van der Waals surface area contributed by atoms with E-state index in [1.807, 2.05) is 32.0 Å². The number of aryl methyl sites for hydroxylation is 2. The Labute approximate surface area is 155 Å². The average molecular weight is 354 g/mol. The third-order valence-electron chi connectivity index (χ3n) is 5.19. The van der Waals surface area contributed by atoms with Gasteiger partial charge < -0.3 is 5.32 Å². The van der Waals surface area contributed by atoms with Crippen molar-refractivity contribution in [1.29, 1.82) is 0 Å². The molecule has 0 aromatic heterocycles. The van der Waals surface area contributed by atoms with Gasteiger partial charge in [-0.2, -0.15) is 0 Å². The molecule has 1 atom stereocenters. The van der Waals surface area contributed by atoms with Gasteiger partial charge in [-0.05, 0) is 57.0 Å². The number of rotatable bonds is 6. The molecule has 1 aliphatic heterocycles. The highest BCUT2D eigenvalue weighted by molar-refractivity contribution is 5.79. The van der Waals surface area contributed by atoms with Gasteiger partial charge in [-0.1, -0.05) is 42.0 Å². The number of likely N-dealkylation sites (tertiary alicyclic amines) is 1. The fraction of sp³-hybridized carbons (Fsp3) is 0.409. The first-order valence-electron chi connectivity index (χ1n) is 9.36. The van der Waals surface area contributed by atoms with Crippen LogP contribution in [0.2, 0.25) is 0 Å². The minimum atomic E-state index is -0.201. The number of carbonyl (C=O) groups excluding carboxylic acids is 1. The van der Waals surface area contributed by atoms with E-state index in [1.54, 1.807) is 6.07 Å². The van der Waals surface area contributed by atoms with Gasteiger partial charge in [0.2, 0.25) is 5.91 Å². The maximum Gasteiger partial charge on any atom is 0.224 e. The minimum Gasteiger partial charge on any atom is -0.354 e. The zero-order valence-electron chi connectivity index (χ0n) is 15.6.